The number of aromatic amines is 1. The van der Waals surface area contributed by atoms with Crippen LogP contribution in [0.4, 0.5) is 0 Å². The van der Waals surface area contributed by atoms with Gasteiger partial charge in [0, 0.05) is 0 Å². The van der Waals surface area contributed by atoms with Gasteiger partial charge in [-0.05, 0) is 25.0 Å². The van der Waals surface area contributed by atoms with Crippen LogP contribution in [0.25, 0.3) is 0 Å². The van der Waals surface area contributed by atoms with Crippen LogP contribution < -0.4 is 0 Å². The van der Waals surface area contributed by atoms with E-state index >= 15 is 0 Å². The van der Waals surface area contributed by atoms with Crippen LogP contribution in [0.2, 0.25) is 0 Å². The number of aromatic nitrogens is 1. The minimum atomic E-state index is 1.29. The second kappa shape index (κ2) is 5.53. The predicted molar refractivity (Wildman–Crippen MR) is 67.9 cm³/mol. The van der Waals surface area contributed by atoms with E-state index in [9.17, 15) is 0 Å². The van der Waals surface area contributed by atoms with Crippen LogP contribution in [0.1, 0.15) is 0 Å². The number of hydrogen-bond donors (Lipinski definition) is 1. The zero-order valence-electron chi connectivity index (χ0n) is 8.13. The summed E-state index contributed by atoms with van der Waals surface area (Å²) in [5.41, 5.74) is 0. The lowest BCUT2D eigenvalue weighted by molar-refractivity contribution is 1.05. The minimum Gasteiger partial charge on any atom is -0.343 e. The highest BCUT2D eigenvalue weighted by Crippen LogP contribution is 2.41. The van der Waals surface area contributed by atoms with Crippen molar-refractivity contribution in [2.45, 2.75) is 19.8 Å². The number of hydrogen-bond acceptors (Lipinski definition) is 4. The van der Waals surface area contributed by atoms with E-state index in [2.05, 4.69) is 30.0 Å². The summed E-state index contributed by atoms with van der Waals surface area (Å²) in [6, 6.07) is 0. The standard InChI is InChI=1S/C8H13NS4/c1-10-5-6(11-2)8(13-4)9-7(5)12-3/h9H,1-4H3. The Morgan fingerprint density at radius 2 is 1.08 bits per heavy atom. The molecule has 13 heavy (non-hydrogen) atoms. The van der Waals surface area contributed by atoms with Crippen LogP contribution >= 0.6 is 47.0 Å². The van der Waals surface area contributed by atoms with Crippen molar-refractivity contribution in [3.63, 3.8) is 0 Å². The predicted octanol–water partition coefficient (Wildman–Crippen LogP) is 3.90. The zero-order chi connectivity index (χ0) is 9.84. The lowest BCUT2D eigenvalue weighted by Crippen LogP contribution is -1.72. The summed E-state index contributed by atoms with van der Waals surface area (Å²) >= 11 is 7.21. The highest BCUT2D eigenvalue weighted by atomic mass is 32.2. The quantitative estimate of drug-likeness (QED) is 0.816. The molecule has 0 fully saturated rings. The summed E-state index contributed by atoms with van der Waals surface area (Å²) in [6.45, 7) is 0. The van der Waals surface area contributed by atoms with Crippen molar-refractivity contribution in [3.05, 3.63) is 0 Å². The molecule has 1 heterocycles. The molecule has 0 unspecified atom stereocenters. The van der Waals surface area contributed by atoms with E-state index in [-0.39, 0.29) is 0 Å². The molecule has 0 radical (unpaired) electrons. The number of thioether (sulfide) groups is 4. The number of rotatable bonds is 4. The molecule has 0 aliphatic carbocycles. The fourth-order valence-corrected chi connectivity index (χ4v) is 4.81. The highest BCUT2D eigenvalue weighted by Gasteiger charge is 2.14. The maximum Gasteiger partial charge on any atom is 0.0877 e. The molecule has 0 aromatic carbocycles. The lowest BCUT2D eigenvalue weighted by Gasteiger charge is -1.99. The smallest absolute Gasteiger partial charge is 0.0877 e. The lowest BCUT2D eigenvalue weighted by atomic mass is 10.6. The summed E-state index contributed by atoms with van der Waals surface area (Å²) < 4.78 is 0. The first-order valence-electron chi connectivity index (χ1n) is 3.70. The summed E-state index contributed by atoms with van der Waals surface area (Å²) in [7, 11) is 0. The third-order valence-electron chi connectivity index (χ3n) is 1.66. The average molecular weight is 251 g/mol. The maximum atomic E-state index is 3.44. The van der Waals surface area contributed by atoms with Gasteiger partial charge in [-0.3, -0.25) is 0 Å². The molecule has 74 valence electrons. The molecule has 0 bridgehead atoms. The van der Waals surface area contributed by atoms with Gasteiger partial charge in [-0.15, -0.1) is 47.0 Å². The van der Waals surface area contributed by atoms with Gasteiger partial charge in [-0.25, -0.2) is 0 Å². The van der Waals surface area contributed by atoms with Crippen molar-refractivity contribution >= 4 is 47.0 Å². The topological polar surface area (TPSA) is 15.8 Å². The third kappa shape index (κ3) is 2.37. The summed E-state index contributed by atoms with van der Waals surface area (Å²) in [6.07, 6.45) is 8.49. The van der Waals surface area contributed by atoms with E-state index in [1.807, 2.05) is 23.5 Å². The SMILES string of the molecule is CSc1[nH]c(SC)c(SC)c1SC. The molecule has 5 heteroatoms. The summed E-state index contributed by atoms with van der Waals surface area (Å²) in [4.78, 5) is 6.22. The van der Waals surface area contributed by atoms with Crippen molar-refractivity contribution in [2.75, 3.05) is 25.0 Å². The molecule has 0 saturated carbocycles. The van der Waals surface area contributed by atoms with Crippen molar-refractivity contribution in [1.82, 2.24) is 4.98 Å². The zero-order valence-corrected chi connectivity index (χ0v) is 11.4. The van der Waals surface area contributed by atoms with Gasteiger partial charge in [0.05, 0.1) is 19.8 Å². The van der Waals surface area contributed by atoms with E-state index in [0.29, 0.717) is 0 Å². The minimum absolute atomic E-state index is 1.29. The molecular weight excluding hydrogens is 238 g/mol. The van der Waals surface area contributed by atoms with Crippen molar-refractivity contribution in [3.8, 4) is 0 Å². The average Bonchev–Trinajstić information content (AvgIpc) is 2.54. The Hall–Kier alpha value is 0.680. The van der Waals surface area contributed by atoms with Gasteiger partial charge in [0.2, 0.25) is 0 Å². The van der Waals surface area contributed by atoms with Gasteiger partial charge in [0.15, 0.2) is 0 Å². The molecule has 1 aromatic rings. The first-order valence-corrected chi connectivity index (χ1v) is 8.60. The first-order chi connectivity index (χ1) is 6.28. The van der Waals surface area contributed by atoms with Crippen LogP contribution in [0.5, 0.6) is 0 Å². The molecule has 0 saturated heterocycles. The van der Waals surface area contributed by atoms with Crippen molar-refractivity contribution in [1.29, 1.82) is 0 Å². The second-order valence-corrected chi connectivity index (χ2v) is 5.52. The Balaban J connectivity index is 3.17. The van der Waals surface area contributed by atoms with Gasteiger partial charge >= 0.3 is 0 Å². The highest BCUT2D eigenvalue weighted by molar-refractivity contribution is 8.04. The van der Waals surface area contributed by atoms with Crippen molar-refractivity contribution in [2.24, 2.45) is 0 Å². The Labute approximate surface area is 96.6 Å². The van der Waals surface area contributed by atoms with Crippen LogP contribution in [0, 0.1) is 0 Å². The Morgan fingerprint density at radius 1 is 0.692 bits per heavy atom. The molecule has 0 atom stereocenters. The van der Waals surface area contributed by atoms with Gasteiger partial charge in [-0.2, -0.15) is 0 Å². The molecular formula is C8H13NS4. The second-order valence-electron chi connectivity index (χ2n) is 2.26. The molecule has 1 rings (SSSR count). The van der Waals surface area contributed by atoms with Crippen LogP contribution in [-0.2, 0) is 0 Å². The van der Waals surface area contributed by atoms with E-state index < -0.39 is 0 Å². The third-order valence-corrected chi connectivity index (χ3v) is 5.11. The Kier molecular flexibility index (Phi) is 5.00. The molecule has 1 nitrogen and oxygen atoms in total. The van der Waals surface area contributed by atoms with Gasteiger partial charge < -0.3 is 4.98 Å². The summed E-state index contributed by atoms with van der Waals surface area (Å²) in [5, 5.41) is 2.59. The number of nitrogens with one attached hydrogen (secondary N) is 1. The first kappa shape index (κ1) is 11.8. The molecule has 0 aliphatic heterocycles. The molecule has 1 N–H and O–H groups in total. The summed E-state index contributed by atoms with van der Waals surface area (Å²) in [5.74, 6) is 0. The maximum absolute atomic E-state index is 3.44. The Bertz CT molecular complexity index is 255. The monoisotopic (exact) mass is 251 g/mol. The largest absolute Gasteiger partial charge is 0.343 e. The fourth-order valence-electron chi connectivity index (χ4n) is 1.08. The van der Waals surface area contributed by atoms with Crippen molar-refractivity contribution < 1.29 is 0 Å². The van der Waals surface area contributed by atoms with Crippen LogP contribution in [0.3, 0.4) is 0 Å². The van der Waals surface area contributed by atoms with E-state index in [1.54, 1.807) is 23.5 Å². The van der Waals surface area contributed by atoms with Gasteiger partial charge in [-0.1, -0.05) is 0 Å². The van der Waals surface area contributed by atoms with Gasteiger partial charge in [0.1, 0.15) is 0 Å². The van der Waals surface area contributed by atoms with E-state index in [1.165, 1.54) is 19.8 Å². The molecule has 0 aliphatic rings. The fraction of sp³-hybridized carbons (Fsp3) is 0.500. The molecule has 0 amide bonds. The Morgan fingerprint density at radius 3 is 1.31 bits per heavy atom. The number of H-pyrrole nitrogens is 1. The van der Waals surface area contributed by atoms with Crippen LogP contribution in [-0.4, -0.2) is 30.0 Å². The van der Waals surface area contributed by atoms with Gasteiger partial charge in [0.25, 0.3) is 0 Å². The molecule has 1 aromatic heterocycles. The van der Waals surface area contributed by atoms with E-state index in [4.69, 9.17) is 0 Å². The molecule has 0 spiro atoms. The normalized spacial score (nSPS) is 10.8. The van der Waals surface area contributed by atoms with Crippen LogP contribution in [0.15, 0.2) is 19.8 Å². The van der Waals surface area contributed by atoms with E-state index in [0.717, 1.165) is 0 Å².